The number of amides is 1. The van der Waals surface area contributed by atoms with Crippen LogP contribution in [0.4, 0.5) is 0 Å². The number of carbonyl (C=O) groups excluding carboxylic acids is 1. The van der Waals surface area contributed by atoms with Gasteiger partial charge in [-0.15, -0.1) is 0 Å². The minimum Gasteiger partial charge on any atom is -0.496 e. The van der Waals surface area contributed by atoms with Crippen LogP contribution in [0.3, 0.4) is 0 Å². The fourth-order valence-electron chi connectivity index (χ4n) is 5.03. The van der Waals surface area contributed by atoms with Crippen LogP contribution < -0.4 is 9.47 Å². The highest BCUT2D eigenvalue weighted by Gasteiger charge is 2.48. The molecule has 28 heavy (non-hydrogen) atoms. The third-order valence-electron chi connectivity index (χ3n) is 6.33. The average Bonchev–Trinajstić information content (AvgIpc) is 3.24. The van der Waals surface area contributed by atoms with Gasteiger partial charge in [-0.3, -0.25) is 9.69 Å². The molecule has 2 heterocycles. The Kier molecular flexibility index (Phi) is 5.02. The monoisotopic (exact) mass is 380 g/mol. The van der Waals surface area contributed by atoms with Crippen molar-refractivity contribution in [2.24, 2.45) is 11.8 Å². The van der Waals surface area contributed by atoms with Crippen molar-refractivity contribution in [2.45, 2.75) is 13.0 Å². The second-order valence-corrected chi connectivity index (χ2v) is 7.91. The van der Waals surface area contributed by atoms with Gasteiger partial charge in [0.25, 0.3) is 5.91 Å². The Morgan fingerprint density at radius 2 is 1.64 bits per heavy atom. The van der Waals surface area contributed by atoms with Crippen molar-refractivity contribution in [1.82, 2.24) is 9.80 Å². The van der Waals surface area contributed by atoms with E-state index in [4.69, 9.17) is 9.47 Å². The predicted octanol–water partition coefficient (Wildman–Crippen LogP) is 3.39. The molecule has 148 valence electrons. The maximum absolute atomic E-state index is 13.4. The van der Waals surface area contributed by atoms with E-state index in [0.717, 1.165) is 19.6 Å². The van der Waals surface area contributed by atoms with Gasteiger partial charge < -0.3 is 14.4 Å². The quantitative estimate of drug-likeness (QED) is 0.815. The molecule has 5 heteroatoms. The van der Waals surface area contributed by atoms with E-state index in [2.05, 4.69) is 43.1 Å². The fourth-order valence-corrected chi connectivity index (χ4v) is 5.03. The van der Waals surface area contributed by atoms with Gasteiger partial charge in [-0.1, -0.05) is 30.3 Å². The number of hydrogen-bond donors (Lipinski definition) is 0. The van der Waals surface area contributed by atoms with Crippen molar-refractivity contribution in [2.75, 3.05) is 40.9 Å². The zero-order valence-corrected chi connectivity index (χ0v) is 17.0. The molecule has 3 atom stereocenters. The first-order valence-electron chi connectivity index (χ1n) is 9.81. The smallest absolute Gasteiger partial charge is 0.261 e. The van der Waals surface area contributed by atoms with Crippen LogP contribution in [0.25, 0.3) is 0 Å². The van der Waals surface area contributed by atoms with Gasteiger partial charge in [-0.05, 0) is 43.1 Å². The molecule has 0 saturated carbocycles. The Balaban J connectivity index is 1.61. The summed E-state index contributed by atoms with van der Waals surface area (Å²) in [7, 11) is 5.38. The highest BCUT2D eigenvalue weighted by molar-refractivity contribution is 6.00. The van der Waals surface area contributed by atoms with Gasteiger partial charge in [0.05, 0.1) is 14.2 Å². The summed E-state index contributed by atoms with van der Waals surface area (Å²) in [4.78, 5) is 17.8. The molecule has 0 spiro atoms. The van der Waals surface area contributed by atoms with Crippen molar-refractivity contribution in [3.05, 3.63) is 59.2 Å². The Bertz CT molecular complexity index is 860. The molecule has 2 aliphatic heterocycles. The third-order valence-corrected chi connectivity index (χ3v) is 6.33. The normalized spacial score (nSPS) is 24.3. The number of carbonyl (C=O) groups is 1. The van der Waals surface area contributed by atoms with E-state index >= 15 is 0 Å². The number of ether oxygens (including phenoxy) is 2. The predicted molar refractivity (Wildman–Crippen MR) is 109 cm³/mol. The maximum atomic E-state index is 13.4. The number of methoxy groups -OCH3 is 2. The highest BCUT2D eigenvalue weighted by atomic mass is 16.5. The molecule has 0 N–H and O–H groups in total. The Morgan fingerprint density at radius 3 is 2.29 bits per heavy atom. The Labute approximate surface area is 166 Å². The molecular formula is C23H28N2O3. The number of aryl methyl sites for hydroxylation is 1. The summed E-state index contributed by atoms with van der Waals surface area (Å²) in [6, 6.07) is 14.4. The van der Waals surface area contributed by atoms with E-state index in [1.165, 1.54) is 11.1 Å². The number of nitrogens with zero attached hydrogens (tertiary/aromatic N) is 2. The lowest BCUT2D eigenvalue weighted by molar-refractivity contribution is 0.0761. The van der Waals surface area contributed by atoms with Crippen molar-refractivity contribution in [3.8, 4) is 11.5 Å². The van der Waals surface area contributed by atoms with E-state index < -0.39 is 0 Å². The summed E-state index contributed by atoms with van der Waals surface area (Å²) >= 11 is 0. The first kappa shape index (κ1) is 18.8. The number of fused-ring (bicyclic) bond motifs is 1. The van der Waals surface area contributed by atoms with E-state index in [9.17, 15) is 4.79 Å². The van der Waals surface area contributed by atoms with Crippen LogP contribution in [0.2, 0.25) is 0 Å². The second-order valence-electron chi connectivity index (χ2n) is 7.91. The molecular weight excluding hydrogens is 352 g/mol. The standard InChI is InChI=1S/C23H28N2O3/c1-15-8-5-6-9-17(15)22-18-14-25(13-16(18)12-24(22)2)23(26)21-19(27-3)10-7-11-20(21)28-4/h5-11,16,18,22H,12-14H2,1-4H3/t16-,18+,22+/m0/s1. The van der Waals surface area contributed by atoms with Gasteiger partial charge in [0.2, 0.25) is 0 Å². The maximum Gasteiger partial charge on any atom is 0.261 e. The molecule has 2 aliphatic rings. The molecule has 0 radical (unpaired) electrons. The Morgan fingerprint density at radius 1 is 0.964 bits per heavy atom. The van der Waals surface area contributed by atoms with Gasteiger partial charge in [0.1, 0.15) is 17.1 Å². The molecule has 1 amide bonds. The zero-order valence-electron chi connectivity index (χ0n) is 17.0. The summed E-state index contributed by atoms with van der Waals surface area (Å²) in [5.41, 5.74) is 3.21. The Hall–Kier alpha value is -2.53. The molecule has 0 unspecified atom stereocenters. The molecule has 2 aromatic carbocycles. The second kappa shape index (κ2) is 7.47. The zero-order chi connectivity index (χ0) is 19.8. The minimum absolute atomic E-state index is 0.00473. The SMILES string of the molecule is COc1cccc(OC)c1C(=O)N1C[C@@H]2CN(C)[C@H](c3ccccc3C)[C@@H]2C1. The molecule has 0 bridgehead atoms. The van der Waals surface area contributed by atoms with E-state index in [0.29, 0.717) is 34.9 Å². The van der Waals surface area contributed by atoms with Crippen LogP contribution in [-0.4, -0.2) is 56.6 Å². The van der Waals surface area contributed by atoms with Crippen molar-refractivity contribution < 1.29 is 14.3 Å². The van der Waals surface area contributed by atoms with Crippen LogP contribution in [0.5, 0.6) is 11.5 Å². The van der Waals surface area contributed by atoms with Gasteiger partial charge >= 0.3 is 0 Å². The van der Waals surface area contributed by atoms with E-state index in [-0.39, 0.29) is 5.91 Å². The van der Waals surface area contributed by atoms with Crippen LogP contribution in [-0.2, 0) is 0 Å². The first-order chi connectivity index (χ1) is 13.5. The lowest BCUT2D eigenvalue weighted by atomic mass is 9.88. The van der Waals surface area contributed by atoms with Crippen LogP contribution in [0, 0.1) is 18.8 Å². The lowest BCUT2D eigenvalue weighted by Gasteiger charge is -2.28. The molecule has 0 aromatic heterocycles. The lowest BCUT2D eigenvalue weighted by Crippen LogP contribution is -2.34. The van der Waals surface area contributed by atoms with Crippen molar-refractivity contribution >= 4 is 5.91 Å². The van der Waals surface area contributed by atoms with E-state index in [1.807, 2.05) is 23.1 Å². The molecule has 4 rings (SSSR count). The molecule has 2 fully saturated rings. The topological polar surface area (TPSA) is 42.0 Å². The number of hydrogen-bond acceptors (Lipinski definition) is 4. The summed E-state index contributed by atoms with van der Waals surface area (Å²) < 4.78 is 10.9. The molecule has 2 aromatic rings. The van der Waals surface area contributed by atoms with Crippen molar-refractivity contribution in [1.29, 1.82) is 0 Å². The summed E-state index contributed by atoms with van der Waals surface area (Å²) in [5, 5.41) is 0. The summed E-state index contributed by atoms with van der Waals surface area (Å²) in [5.74, 6) is 2.05. The first-order valence-corrected chi connectivity index (χ1v) is 9.81. The molecule has 0 aliphatic carbocycles. The number of likely N-dealkylation sites (tertiary alicyclic amines) is 2. The average molecular weight is 380 g/mol. The van der Waals surface area contributed by atoms with Crippen molar-refractivity contribution in [3.63, 3.8) is 0 Å². The molecule has 2 saturated heterocycles. The van der Waals surface area contributed by atoms with Crippen LogP contribution in [0.15, 0.2) is 42.5 Å². The van der Waals surface area contributed by atoms with Crippen LogP contribution in [0.1, 0.15) is 27.5 Å². The molecule has 5 nitrogen and oxygen atoms in total. The highest BCUT2D eigenvalue weighted by Crippen LogP contribution is 2.45. The van der Waals surface area contributed by atoms with Gasteiger partial charge in [-0.25, -0.2) is 0 Å². The third kappa shape index (κ3) is 3.04. The number of benzene rings is 2. The summed E-state index contributed by atoms with van der Waals surface area (Å²) in [6.07, 6.45) is 0. The van der Waals surface area contributed by atoms with Gasteiger partial charge in [0, 0.05) is 31.6 Å². The van der Waals surface area contributed by atoms with Gasteiger partial charge in [0.15, 0.2) is 0 Å². The fraction of sp³-hybridized carbons (Fsp3) is 0.435. The number of rotatable bonds is 4. The van der Waals surface area contributed by atoms with Gasteiger partial charge in [-0.2, -0.15) is 0 Å². The van der Waals surface area contributed by atoms with E-state index in [1.54, 1.807) is 14.2 Å². The largest absolute Gasteiger partial charge is 0.496 e. The summed E-state index contributed by atoms with van der Waals surface area (Å²) in [6.45, 7) is 4.72. The minimum atomic E-state index is -0.00473. The van der Waals surface area contributed by atoms with Crippen LogP contribution >= 0.6 is 0 Å².